The summed E-state index contributed by atoms with van der Waals surface area (Å²) in [4.78, 5) is 0.512. The van der Waals surface area contributed by atoms with Gasteiger partial charge in [-0.2, -0.15) is 0 Å². The third-order valence-electron chi connectivity index (χ3n) is 2.68. The molecule has 2 aromatic rings. The normalized spacial score (nSPS) is 15.6. The van der Waals surface area contributed by atoms with E-state index < -0.39 is 9.84 Å². The van der Waals surface area contributed by atoms with Gasteiger partial charge in [0.25, 0.3) is 0 Å². The molecule has 5 heteroatoms. The van der Waals surface area contributed by atoms with Crippen LogP contribution in [0.5, 0.6) is 0 Å². The van der Waals surface area contributed by atoms with E-state index in [1.165, 1.54) is 6.07 Å². The van der Waals surface area contributed by atoms with Crippen LogP contribution in [-0.2, 0) is 9.84 Å². The van der Waals surface area contributed by atoms with E-state index in [9.17, 15) is 8.42 Å². The van der Waals surface area contributed by atoms with Crippen LogP contribution in [0.25, 0.3) is 0 Å². The van der Waals surface area contributed by atoms with Crippen molar-refractivity contribution in [1.82, 2.24) is 0 Å². The molecule has 0 radical (unpaired) electrons. The monoisotopic (exact) mass is 265 g/mol. The highest BCUT2D eigenvalue weighted by Gasteiger charge is 2.29. The molecule has 0 bridgehead atoms. The Bertz CT molecular complexity index is 710. The third-order valence-corrected chi connectivity index (χ3v) is 4.77. The van der Waals surface area contributed by atoms with Crippen LogP contribution in [0.1, 0.15) is 0 Å². The first-order valence-corrected chi connectivity index (χ1v) is 6.86. The molecule has 0 fully saturated rings. The Kier molecular flexibility index (Phi) is 2.18. The number of hydrogen-bond donors (Lipinski definition) is 1. The van der Waals surface area contributed by atoms with Crippen molar-refractivity contribution in [3.05, 3.63) is 47.5 Å². The standard InChI is InChI=1S/C12H8ClNO2S/c13-8-5-6-10-12(7-8)17(15,16)11-4-2-1-3-9(11)14-10/h1-7,14H. The van der Waals surface area contributed by atoms with Gasteiger partial charge >= 0.3 is 0 Å². The average molecular weight is 266 g/mol. The second-order valence-electron chi connectivity index (χ2n) is 3.77. The van der Waals surface area contributed by atoms with E-state index in [1.54, 1.807) is 36.4 Å². The summed E-state index contributed by atoms with van der Waals surface area (Å²) in [6.45, 7) is 0. The summed E-state index contributed by atoms with van der Waals surface area (Å²) in [6, 6.07) is 11.6. The van der Waals surface area contributed by atoms with Gasteiger partial charge in [-0.15, -0.1) is 0 Å². The molecule has 0 aliphatic carbocycles. The fourth-order valence-corrected chi connectivity index (χ4v) is 3.72. The molecular weight excluding hydrogens is 258 g/mol. The Balaban J connectivity index is 2.36. The summed E-state index contributed by atoms with van der Waals surface area (Å²) in [5.41, 5.74) is 1.16. The topological polar surface area (TPSA) is 46.2 Å². The van der Waals surface area contributed by atoms with E-state index in [2.05, 4.69) is 5.32 Å². The Labute approximate surface area is 104 Å². The molecule has 1 aliphatic rings. The lowest BCUT2D eigenvalue weighted by Crippen LogP contribution is -2.13. The molecule has 17 heavy (non-hydrogen) atoms. The van der Waals surface area contributed by atoms with E-state index in [4.69, 9.17) is 11.6 Å². The van der Waals surface area contributed by atoms with E-state index >= 15 is 0 Å². The van der Waals surface area contributed by atoms with Gasteiger partial charge in [-0.05, 0) is 30.3 Å². The predicted octanol–water partition coefficient (Wildman–Crippen LogP) is 3.23. The van der Waals surface area contributed by atoms with Crippen molar-refractivity contribution in [2.45, 2.75) is 9.79 Å². The SMILES string of the molecule is O=S1(=O)c2ccccc2Nc2ccc(Cl)cc21. The number of sulfone groups is 1. The van der Waals surface area contributed by atoms with Crippen molar-refractivity contribution in [2.24, 2.45) is 0 Å². The van der Waals surface area contributed by atoms with E-state index in [0.29, 0.717) is 16.4 Å². The summed E-state index contributed by atoms with van der Waals surface area (Å²) in [5, 5.41) is 3.50. The lowest BCUT2D eigenvalue weighted by atomic mass is 10.2. The number of anilines is 2. The molecule has 0 unspecified atom stereocenters. The first-order chi connectivity index (χ1) is 8.09. The Morgan fingerprint density at radius 2 is 1.65 bits per heavy atom. The minimum atomic E-state index is -3.47. The van der Waals surface area contributed by atoms with Crippen LogP contribution in [0.15, 0.2) is 52.3 Å². The maximum atomic E-state index is 12.3. The number of halogens is 1. The number of nitrogens with one attached hydrogen (secondary N) is 1. The molecule has 1 heterocycles. The zero-order chi connectivity index (χ0) is 12.0. The number of para-hydroxylation sites is 1. The molecule has 0 spiro atoms. The van der Waals surface area contributed by atoms with Crippen molar-refractivity contribution < 1.29 is 8.42 Å². The highest BCUT2D eigenvalue weighted by atomic mass is 35.5. The summed E-state index contributed by atoms with van der Waals surface area (Å²) in [6.07, 6.45) is 0. The van der Waals surface area contributed by atoms with Gasteiger partial charge in [0.2, 0.25) is 9.84 Å². The second-order valence-corrected chi connectivity index (χ2v) is 6.09. The average Bonchev–Trinajstić information content (AvgIpc) is 2.31. The molecule has 0 aromatic heterocycles. The van der Waals surface area contributed by atoms with Crippen LogP contribution >= 0.6 is 11.6 Å². The lowest BCUT2D eigenvalue weighted by molar-refractivity contribution is 0.596. The van der Waals surface area contributed by atoms with Crippen LogP contribution in [0.3, 0.4) is 0 Å². The summed E-state index contributed by atoms with van der Waals surface area (Å²) in [7, 11) is -3.47. The van der Waals surface area contributed by atoms with Gasteiger partial charge in [-0.1, -0.05) is 23.7 Å². The Hall–Kier alpha value is -1.52. The van der Waals surface area contributed by atoms with Crippen LogP contribution in [0.4, 0.5) is 11.4 Å². The lowest BCUT2D eigenvalue weighted by Gasteiger charge is -2.21. The number of fused-ring (bicyclic) bond motifs is 2. The largest absolute Gasteiger partial charge is 0.353 e. The minimum Gasteiger partial charge on any atom is -0.353 e. The van der Waals surface area contributed by atoms with E-state index in [-0.39, 0.29) is 9.79 Å². The number of benzene rings is 2. The predicted molar refractivity (Wildman–Crippen MR) is 66.6 cm³/mol. The summed E-state index contributed by atoms with van der Waals surface area (Å²) in [5.74, 6) is 0. The van der Waals surface area contributed by atoms with Crippen molar-refractivity contribution in [2.75, 3.05) is 5.32 Å². The second kappa shape index (κ2) is 3.48. The molecule has 3 rings (SSSR count). The molecule has 0 atom stereocenters. The smallest absolute Gasteiger partial charge is 0.210 e. The van der Waals surface area contributed by atoms with Gasteiger partial charge in [0.1, 0.15) is 0 Å². The fourth-order valence-electron chi connectivity index (χ4n) is 1.89. The zero-order valence-corrected chi connectivity index (χ0v) is 10.2. The summed E-state index contributed by atoms with van der Waals surface area (Å²) >= 11 is 5.84. The van der Waals surface area contributed by atoms with Crippen LogP contribution < -0.4 is 5.32 Å². The maximum absolute atomic E-state index is 12.3. The van der Waals surface area contributed by atoms with Gasteiger partial charge in [-0.3, -0.25) is 0 Å². The van der Waals surface area contributed by atoms with Crippen molar-refractivity contribution in [1.29, 1.82) is 0 Å². The van der Waals surface area contributed by atoms with Gasteiger partial charge in [0.05, 0.1) is 21.2 Å². The first kappa shape index (κ1) is 10.6. The molecule has 3 nitrogen and oxygen atoms in total. The van der Waals surface area contributed by atoms with Crippen LogP contribution in [0.2, 0.25) is 5.02 Å². The molecule has 1 N–H and O–H groups in total. The van der Waals surface area contributed by atoms with Gasteiger partial charge in [-0.25, -0.2) is 8.42 Å². The molecule has 0 saturated carbocycles. The molecule has 0 amide bonds. The van der Waals surface area contributed by atoms with Crippen LogP contribution in [0, 0.1) is 0 Å². The van der Waals surface area contributed by atoms with Crippen molar-refractivity contribution in [3.63, 3.8) is 0 Å². The van der Waals surface area contributed by atoms with Gasteiger partial charge in [0, 0.05) is 5.02 Å². The molecule has 2 aromatic carbocycles. The number of rotatable bonds is 0. The summed E-state index contributed by atoms with van der Waals surface area (Å²) < 4.78 is 24.7. The highest BCUT2D eigenvalue weighted by molar-refractivity contribution is 7.92. The minimum absolute atomic E-state index is 0.226. The first-order valence-electron chi connectivity index (χ1n) is 5.00. The van der Waals surface area contributed by atoms with E-state index in [1.807, 2.05) is 0 Å². The van der Waals surface area contributed by atoms with Crippen molar-refractivity contribution in [3.8, 4) is 0 Å². The molecular formula is C12H8ClNO2S. The highest BCUT2D eigenvalue weighted by Crippen LogP contribution is 2.39. The molecule has 1 aliphatic heterocycles. The Morgan fingerprint density at radius 3 is 2.47 bits per heavy atom. The van der Waals surface area contributed by atoms with Gasteiger partial charge in [0.15, 0.2) is 0 Å². The Morgan fingerprint density at radius 1 is 0.941 bits per heavy atom. The molecule has 0 saturated heterocycles. The van der Waals surface area contributed by atoms with Crippen molar-refractivity contribution >= 4 is 32.8 Å². The molecule has 86 valence electrons. The van der Waals surface area contributed by atoms with Gasteiger partial charge < -0.3 is 5.32 Å². The maximum Gasteiger partial charge on any atom is 0.210 e. The third kappa shape index (κ3) is 1.52. The quantitative estimate of drug-likeness (QED) is 0.679. The number of hydrogen-bond acceptors (Lipinski definition) is 3. The zero-order valence-electron chi connectivity index (χ0n) is 8.64. The van der Waals surface area contributed by atoms with Crippen LogP contribution in [-0.4, -0.2) is 8.42 Å². The van der Waals surface area contributed by atoms with E-state index in [0.717, 1.165) is 0 Å². The fraction of sp³-hybridized carbons (Fsp3) is 0.